The van der Waals surface area contributed by atoms with Crippen LogP contribution in [-0.4, -0.2) is 11.2 Å². The van der Waals surface area contributed by atoms with Gasteiger partial charge in [-0.15, -0.1) is 0 Å². The van der Waals surface area contributed by atoms with Crippen LogP contribution in [0.15, 0.2) is 0 Å². The van der Waals surface area contributed by atoms with E-state index >= 15 is 0 Å². The lowest BCUT2D eigenvalue weighted by Gasteiger charge is -2.59. The maximum Gasteiger partial charge on any atom is 0.0619 e. The quantitative estimate of drug-likeness (QED) is 0.738. The second-order valence-electron chi connectivity index (χ2n) is 6.97. The van der Waals surface area contributed by atoms with Gasteiger partial charge in [0.05, 0.1) is 6.10 Å². The van der Waals surface area contributed by atoms with Crippen LogP contribution in [0.3, 0.4) is 0 Å². The smallest absolute Gasteiger partial charge is 0.0619 e. The van der Waals surface area contributed by atoms with Crippen molar-refractivity contribution < 1.29 is 5.11 Å². The summed E-state index contributed by atoms with van der Waals surface area (Å²) in [5.74, 6) is 3.33. The van der Waals surface area contributed by atoms with E-state index in [1.165, 1.54) is 38.5 Å². The Hall–Kier alpha value is -0.0400. The summed E-state index contributed by atoms with van der Waals surface area (Å²) >= 11 is 0. The molecule has 0 amide bonds. The highest BCUT2D eigenvalue weighted by Crippen LogP contribution is 2.61. The van der Waals surface area contributed by atoms with Crippen LogP contribution in [0.5, 0.6) is 0 Å². The minimum absolute atomic E-state index is 0.0362. The van der Waals surface area contributed by atoms with Crippen molar-refractivity contribution >= 4 is 0 Å². The zero-order valence-electron chi connectivity index (χ0n) is 10.1. The lowest BCUT2D eigenvalue weighted by molar-refractivity contribution is -0.133. The first-order valence-electron chi connectivity index (χ1n) is 6.77. The van der Waals surface area contributed by atoms with Crippen molar-refractivity contribution in [3.8, 4) is 0 Å². The minimum atomic E-state index is -0.0362. The van der Waals surface area contributed by atoms with Crippen molar-refractivity contribution in [3.05, 3.63) is 0 Å². The van der Waals surface area contributed by atoms with E-state index in [0.29, 0.717) is 11.3 Å². The number of rotatable bonds is 2. The maximum absolute atomic E-state index is 10.5. The molecule has 4 rings (SSSR count). The fraction of sp³-hybridized carbons (Fsp3) is 1.00. The summed E-state index contributed by atoms with van der Waals surface area (Å²) in [5.41, 5.74) is 0.336. The van der Waals surface area contributed by atoms with E-state index in [-0.39, 0.29) is 6.10 Å². The molecule has 0 unspecified atom stereocenters. The zero-order chi connectivity index (χ0) is 10.6. The highest BCUT2D eigenvalue weighted by Gasteiger charge is 2.54. The molecule has 4 fully saturated rings. The van der Waals surface area contributed by atoms with Gasteiger partial charge < -0.3 is 5.11 Å². The van der Waals surface area contributed by atoms with Crippen LogP contribution in [-0.2, 0) is 0 Å². The standard InChI is InChI=1S/C14H24O/c1-9(2)13(15)14-6-10-3-11(7-14)5-12(4-10)8-14/h9-13,15H,3-8H2,1-2H3/t10?,11?,12?,13-,14?/m1/s1. The Morgan fingerprint density at radius 2 is 1.33 bits per heavy atom. The van der Waals surface area contributed by atoms with E-state index in [1.807, 2.05) is 0 Å². The molecule has 1 heteroatoms. The molecule has 0 aromatic carbocycles. The second kappa shape index (κ2) is 3.23. The molecule has 0 aromatic rings. The summed E-state index contributed by atoms with van der Waals surface area (Å²) < 4.78 is 0. The molecule has 4 saturated carbocycles. The molecule has 1 N–H and O–H groups in total. The minimum Gasteiger partial charge on any atom is -0.392 e. The Morgan fingerprint density at radius 1 is 0.933 bits per heavy atom. The molecule has 4 aliphatic carbocycles. The number of hydrogen-bond donors (Lipinski definition) is 1. The van der Waals surface area contributed by atoms with Crippen molar-refractivity contribution in [3.63, 3.8) is 0 Å². The Morgan fingerprint density at radius 3 is 1.67 bits per heavy atom. The number of aliphatic hydroxyl groups is 1. The van der Waals surface area contributed by atoms with Gasteiger partial charge >= 0.3 is 0 Å². The average molecular weight is 208 g/mol. The van der Waals surface area contributed by atoms with Gasteiger partial charge in [-0.05, 0) is 67.6 Å². The van der Waals surface area contributed by atoms with Crippen LogP contribution >= 0.6 is 0 Å². The van der Waals surface area contributed by atoms with E-state index in [2.05, 4.69) is 13.8 Å². The fourth-order valence-electron chi connectivity index (χ4n) is 5.25. The molecule has 0 saturated heterocycles. The van der Waals surface area contributed by atoms with Gasteiger partial charge in [0.2, 0.25) is 0 Å². The zero-order valence-corrected chi connectivity index (χ0v) is 10.1. The van der Waals surface area contributed by atoms with E-state index in [1.54, 1.807) is 0 Å². The lowest BCUT2D eigenvalue weighted by Crippen LogP contribution is -2.53. The Bertz CT molecular complexity index is 221. The van der Waals surface area contributed by atoms with Crippen LogP contribution in [0.25, 0.3) is 0 Å². The molecule has 4 bridgehead atoms. The third-order valence-corrected chi connectivity index (χ3v) is 5.34. The third kappa shape index (κ3) is 1.46. The van der Waals surface area contributed by atoms with E-state index in [0.717, 1.165) is 17.8 Å². The van der Waals surface area contributed by atoms with Gasteiger partial charge in [-0.2, -0.15) is 0 Å². The third-order valence-electron chi connectivity index (χ3n) is 5.34. The second-order valence-corrected chi connectivity index (χ2v) is 6.97. The molecule has 0 aromatic heterocycles. The van der Waals surface area contributed by atoms with Gasteiger partial charge in [0.15, 0.2) is 0 Å². The van der Waals surface area contributed by atoms with Crippen LogP contribution < -0.4 is 0 Å². The Labute approximate surface area is 93.3 Å². The maximum atomic E-state index is 10.5. The molecular formula is C14H24O. The predicted octanol–water partition coefficient (Wildman–Crippen LogP) is 3.22. The van der Waals surface area contributed by atoms with Crippen LogP contribution in [0.4, 0.5) is 0 Å². The molecule has 4 aliphatic rings. The highest BCUT2D eigenvalue weighted by atomic mass is 16.3. The number of aliphatic hydroxyl groups excluding tert-OH is 1. The van der Waals surface area contributed by atoms with E-state index in [9.17, 15) is 5.11 Å². The van der Waals surface area contributed by atoms with Crippen molar-refractivity contribution in [1.29, 1.82) is 0 Å². The number of hydrogen-bond acceptors (Lipinski definition) is 1. The summed E-state index contributed by atoms with van der Waals surface area (Å²) in [5, 5.41) is 10.5. The van der Waals surface area contributed by atoms with Crippen molar-refractivity contribution in [1.82, 2.24) is 0 Å². The topological polar surface area (TPSA) is 20.2 Å². The van der Waals surface area contributed by atoms with Gasteiger partial charge in [0.1, 0.15) is 0 Å². The van der Waals surface area contributed by atoms with Crippen LogP contribution in [0.1, 0.15) is 52.4 Å². The first kappa shape index (κ1) is 10.1. The molecule has 86 valence electrons. The molecule has 0 radical (unpaired) electrons. The van der Waals surface area contributed by atoms with Crippen LogP contribution in [0.2, 0.25) is 0 Å². The van der Waals surface area contributed by atoms with E-state index in [4.69, 9.17) is 0 Å². The summed E-state index contributed by atoms with van der Waals surface area (Å²) in [6, 6.07) is 0. The fourth-order valence-corrected chi connectivity index (χ4v) is 5.25. The molecule has 1 nitrogen and oxygen atoms in total. The predicted molar refractivity (Wildman–Crippen MR) is 61.4 cm³/mol. The van der Waals surface area contributed by atoms with E-state index < -0.39 is 0 Å². The lowest BCUT2D eigenvalue weighted by atomic mass is 9.47. The van der Waals surface area contributed by atoms with Crippen LogP contribution in [0, 0.1) is 29.1 Å². The highest BCUT2D eigenvalue weighted by molar-refractivity contribution is 5.04. The summed E-state index contributed by atoms with van der Waals surface area (Å²) in [7, 11) is 0. The average Bonchev–Trinajstić information content (AvgIpc) is 2.14. The first-order chi connectivity index (χ1) is 7.09. The first-order valence-corrected chi connectivity index (χ1v) is 6.77. The van der Waals surface area contributed by atoms with Gasteiger partial charge in [0.25, 0.3) is 0 Å². The molecular weight excluding hydrogens is 184 g/mol. The van der Waals surface area contributed by atoms with Crippen molar-refractivity contribution in [2.45, 2.75) is 58.5 Å². The molecule has 0 spiro atoms. The Balaban J connectivity index is 1.86. The molecule has 0 heterocycles. The largest absolute Gasteiger partial charge is 0.392 e. The summed E-state index contributed by atoms with van der Waals surface area (Å²) in [6.45, 7) is 4.37. The SMILES string of the molecule is CC(C)[C@@H](O)C12CC3CC(CC(C3)C1)C2. The Kier molecular flexibility index (Phi) is 2.18. The van der Waals surface area contributed by atoms with Gasteiger partial charge in [-0.1, -0.05) is 13.8 Å². The molecule has 0 aliphatic heterocycles. The molecule has 1 atom stereocenters. The van der Waals surface area contributed by atoms with Gasteiger partial charge in [0, 0.05) is 0 Å². The van der Waals surface area contributed by atoms with Gasteiger partial charge in [-0.3, -0.25) is 0 Å². The monoisotopic (exact) mass is 208 g/mol. The van der Waals surface area contributed by atoms with Crippen molar-refractivity contribution in [2.24, 2.45) is 29.1 Å². The van der Waals surface area contributed by atoms with Crippen molar-refractivity contribution in [2.75, 3.05) is 0 Å². The van der Waals surface area contributed by atoms with Gasteiger partial charge in [-0.25, -0.2) is 0 Å². The summed E-state index contributed by atoms with van der Waals surface area (Å²) in [4.78, 5) is 0. The molecule has 15 heavy (non-hydrogen) atoms. The summed E-state index contributed by atoms with van der Waals surface area (Å²) in [6.07, 6.45) is 8.39. The normalized spacial score (nSPS) is 50.0.